The summed E-state index contributed by atoms with van der Waals surface area (Å²) in [4.78, 5) is 24.7. The summed E-state index contributed by atoms with van der Waals surface area (Å²) in [5.74, 6) is 0.764. The Labute approximate surface area is 190 Å². The van der Waals surface area contributed by atoms with E-state index in [0.29, 0.717) is 24.3 Å². The molecule has 0 radical (unpaired) electrons. The standard InChI is InChI=1S/C24H24N6O3/c1-29-16-20(15-26-29)30-11-10-23(31)22(28-30)13-18-4-3-5-19(12-18)27-24(32)25-14-17-6-8-21(33-2)9-7-17/h3-12,15-16H,13-14H2,1-2H3,(H2,25,27,32). The summed E-state index contributed by atoms with van der Waals surface area (Å²) < 4.78 is 8.43. The number of anilines is 1. The fourth-order valence-electron chi connectivity index (χ4n) is 3.29. The second kappa shape index (κ2) is 9.82. The van der Waals surface area contributed by atoms with Gasteiger partial charge < -0.3 is 15.4 Å². The van der Waals surface area contributed by atoms with Crippen LogP contribution in [0.1, 0.15) is 16.8 Å². The number of urea groups is 1. The zero-order chi connectivity index (χ0) is 23.2. The van der Waals surface area contributed by atoms with E-state index >= 15 is 0 Å². The SMILES string of the molecule is COc1ccc(CNC(=O)Nc2cccc(Cc3nn(-c4cnn(C)c4)ccc3=O)c2)cc1. The molecule has 0 fully saturated rings. The Balaban J connectivity index is 1.40. The molecule has 2 N–H and O–H groups in total. The van der Waals surface area contributed by atoms with Crippen LogP contribution in [-0.4, -0.2) is 32.7 Å². The quantitative estimate of drug-likeness (QED) is 0.456. The van der Waals surface area contributed by atoms with E-state index in [-0.39, 0.29) is 11.5 Å². The fourth-order valence-corrected chi connectivity index (χ4v) is 3.29. The minimum Gasteiger partial charge on any atom is -0.497 e. The van der Waals surface area contributed by atoms with E-state index in [9.17, 15) is 9.59 Å². The predicted molar refractivity (Wildman–Crippen MR) is 125 cm³/mol. The normalized spacial score (nSPS) is 10.6. The van der Waals surface area contributed by atoms with Gasteiger partial charge >= 0.3 is 6.03 Å². The number of nitrogens with zero attached hydrogens (tertiary/aromatic N) is 4. The van der Waals surface area contributed by atoms with E-state index in [1.54, 1.807) is 34.9 Å². The van der Waals surface area contributed by atoms with E-state index in [2.05, 4.69) is 20.8 Å². The van der Waals surface area contributed by atoms with Crippen LogP contribution in [0.3, 0.4) is 0 Å². The van der Waals surface area contributed by atoms with E-state index in [4.69, 9.17) is 4.74 Å². The van der Waals surface area contributed by atoms with Crippen LogP contribution in [0, 0.1) is 0 Å². The van der Waals surface area contributed by atoms with Crippen LogP contribution in [-0.2, 0) is 20.0 Å². The largest absolute Gasteiger partial charge is 0.497 e. The molecule has 0 saturated carbocycles. The molecule has 0 spiro atoms. The van der Waals surface area contributed by atoms with Gasteiger partial charge in [0.15, 0.2) is 0 Å². The Hall–Kier alpha value is -4.40. The summed E-state index contributed by atoms with van der Waals surface area (Å²) in [5.41, 5.74) is 3.47. The Kier molecular flexibility index (Phi) is 6.49. The van der Waals surface area contributed by atoms with Crippen LogP contribution in [0.5, 0.6) is 5.75 Å². The first-order valence-corrected chi connectivity index (χ1v) is 10.3. The average Bonchev–Trinajstić information content (AvgIpc) is 3.26. The molecule has 0 aliphatic heterocycles. The lowest BCUT2D eigenvalue weighted by molar-refractivity contribution is 0.251. The maximum absolute atomic E-state index is 12.4. The van der Waals surface area contributed by atoms with Crippen molar-refractivity contribution in [2.24, 2.45) is 7.05 Å². The Bertz CT molecular complexity index is 1310. The molecule has 168 valence electrons. The molecule has 9 nitrogen and oxygen atoms in total. The third-order valence-corrected chi connectivity index (χ3v) is 5.00. The number of hydrogen-bond acceptors (Lipinski definition) is 5. The molecule has 0 aliphatic carbocycles. The Morgan fingerprint density at radius 3 is 2.64 bits per heavy atom. The smallest absolute Gasteiger partial charge is 0.319 e. The van der Waals surface area contributed by atoms with E-state index in [0.717, 1.165) is 22.6 Å². The second-order valence-electron chi connectivity index (χ2n) is 7.48. The van der Waals surface area contributed by atoms with Gasteiger partial charge in [0.25, 0.3) is 0 Å². The first kappa shape index (κ1) is 21.8. The number of carbonyl (C=O) groups is 1. The van der Waals surface area contributed by atoms with Gasteiger partial charge in [-0.15, -0.1) is 0 Å². The lowest BCUT2D eigenvalue weighted by atomic mass is 10.1. The molecule has 0 aliphatic rings. The van der Waals surface area contributed by atoms with Gasteiger partial charge in [-0.05, 0) is 35.4 Å². The molecule has 33 heavy (non-hydrogen) atoms. The van der Waals surface area contributed by atoms with Crippen molar-refractivity contribution >= 4 is 11.7 Å². The van der Waals surface area contributed by atoms with Gasteiger partial charge in [0, 0.05) is 38.0 Å². The highest BCUT2D eigenvalue weighted by molar-refractivity contribution is 5.89. The maximum atomic E-state index is 12.4. The van der Waals surface area contributed by atoms with Gasteiger partial charge in [-0.25, -0.2) is 9.48 Å². The highest BCUT2D eigenvalue weighted by Gasteiger charge is 2.08. The maximum Gasteiger partial charge on any atom is 0.319 e. The number of rotatable bonds is 7. The number of aromatic nitrogens is 4. The zero-order valence-electron chi connectivity index (χ0n) is 18.4. The number of benzene rings is 2. The molecule has 2 amide bonds. The minimum atomic E-state index is -0.320. The molecular formula is C24H24N6O3. The molecule has 0 unspecified atom stereocenters. The van der Waals surface area contributed by atoms with E-state index < -0.39 is 0 Å². The van der Waals surface area contributed by atoms with Crippen molar-refractivity contribution in [3.8, 4) is 11.4 Å². The fraction of sp³-hybridized carbons (Fsp3) is 0.167. The highest BCUT2D eigenvalue weighted by Crippen LogP contribution is 2.14. The molecule has 4 rings (SSSR count). The molecule has 2 aromatic heterocycles. The van der Waals surface area contributed by atoms with Crippen molar-refractivity contribution in [1.82, 2.24) is 24.9 Å². The van der Waals surface area contributed by atoms with Crippen LogP contribution < -0.4 is 20.8 Å². The van der Waals surface area contributed by atoms with Crippen molar-refractivity contribution in [3.63, 3.8) is 0 Å². The lowest BCUT2D eigenvalue weighted by Gasteiger charge is -2.10. The first-order valence-electron chi connectivity index (χ1n) is 10.3. The summed E-state index contributed by atoms with van der Waals surface area (Å²) in [7, 11) is 3.43. The summed E-state index contributed by atoms with van der Waals surface area (Å²) >= 11 is 0. The summed E-state index contributed by atoms with van der Waals surface area (Å²) in [6.45, 7) is 0.386. The van der Waals surface area contributed by atoms with Gasteiger partial charge in [-0.3, -0.25) is 9.48 Å². The number of methoxy groups -OCH3 is 1. The molecule has 0 bridgehead atoms. The second-order valence-corrected chi connectivity index (χ2v) is 7.48. The number of carbonyl (C=O) groups excluding carboxylic acids is 1. The zero-order valence-corrected chi connectivity index (χ0v) is 18.4. The van der Waals surface area contributed by atoms with Crippen molar-refractivity contribution in [1.29, 1.82) is 0 Å². The van der Waals surface area contributed by atoms with Crippen LogP contribution in [0.15, 0.2) is 78.0 Å². The third kappa shape index (κ3) is 5.65. The average molecular weight is 444 g/mol. The lowest BCUT2D eigenvalue weighted by Crippen LogP contribution is -2.28. The van der Waals surface area contributed by atoms with Crippen molar-refractivity contribution < 1.29 is 9.53 Å². The number of ether oxygens (including phenoxy) is 1. The van der Waals surface area contributed by atoms with Gasteiger partial charge in [-0.1, -0.05) is 24.3 Å². The van der Waals surface area contributed by atoms with Crippen molar-refractivity contribution in [2.75, 3.05) is 12.4 Å². The van der Waals surface area contributed by atoms with Crippen molar-refractivity contribution in [2.45, 2.75) is 13.0 Å². The van der Waals surface area contributed by atoms with Crippen LogP contribution in [0.2, 0.25) is 0 Å². The van der Waals surface area contributed by atoms with Gasteiger partial charge in [0.2, 0.25) is 5.43 Å². The topological polar surface area (TPSA) is 103 Å². The van der Waals surface area contributed by atoms with E-state index in [1.807, 2.05) is 55.7 Å². The van der Waals surface area contributed by atoms with Gasteiger partial charge in [0.1, 0.15) is 17.1 Å². The van der Waals surface area contributed by atoms with Crippen LogP contribution in [0.25, 0.3) is 5.69 Å². The summed E-state index contributed by atoms with van der Waals surface area (Å²) in [6, 6.07) is 16.0. The first-order chi connectivity index (χ1) is 16.0. The molecule has 0 atom stereocenters. The van der Waals surface area contributed by atoms with Gasteiger partial charge in [-0.2, -0.15) is 10.2 Å². The molecule has 9 heteroatoms. The van der Waals surface area contributed by atoms with E-state index in [1.165, 1.54) is 6.07 Å². The molecular weight excluding hydrogens is 420 g/mol. The molecule has 2 heterocycles. The van der Waals surface area contributed by atoms with Crippen LogP contribution >= 0.6 is 0 Å². The monoisotopic (exact) mass is 444 g/mol. The number of amides is 2. The van der Waals surface area contributed by atoms with Crippen molar-refractivity contribution in [3.05, 3.63) is 100 Å². The highest BCUT2D eigenvalue weighted by atomic mass is 16.5. The molecule has 2 aromatic carbocycles. The minimum absolute atomic E-state index is 0.147. The number of nitrogens with one attached hydrogen (secondary N) is 2. The Morgan fingerprint density at radius 1 is 1.09 bits per heavy atom. The number of hydrogen-bond donors (Lipinski definition) is 2. The number of aryl methyl sites for hydroxylation is 1. The predicted octanol–water partition coefficient (Wildman–Crippen LogP) is 2.89. The molecule has 0 saturated heterocycles. The van der Waals surface area contributed by atoms with Crippen LogP contribution in [0.4, 0.5) is 10.5 Å². The third-order valence-electron chi connectivity index (χ3n) is 5.00. The molecule has 4 aromatic rings. The Morgan fingerprint density at radius 2 is 1.91 bits per heavy atom. The van der Waals surface area contributed by atoms with Gasteiger partial charge in [0.05, 0.1) is 19.5 Å². The summed E-state index contributed by atoms with van der Waals surface area (Å²) in [6.07, 6.45) is 5.45. The summed E-state index contributed by atoms with van der Waals surface area (Å²) in [5, 5.41) is 14.2.